The first-order valence-corrected chi connectivity index (χ1v) is 6.96. The zero-order valence-electron chi connectivity index (χ0n) is 11.2. The number of hydrogen-bond acceptors (Lipinski definition) is 3. The molecule has 1 fully saturated rings. The summed E-state index contributed by atoms with van der Waals surface area (Å²) in [6.07, 6.45) is 5.15. The fraction of sp³-hybridized carbons (Fsp3) is 0.467. The van der Waals surface area contributed by atoms with Crippen molar-refractivity contribution < 1.29 is 9.47 Å². The van der Waals surface area contributed by atoms with Crippen LogP contribution in [0, 0.1) is 0 Å². The number of ether oxygens (including phenoxy) is 2. The number of halogens is 1. The molecular formula is C15H20ClNO2. The van der Waals surface area contributed by atoms with E-state index in [1.165, 1.54) is 12.8 Å². The summed E-state index contributed by atoms with van der Waals surface area (Å²) < 4.78 is 11.2. The Balaban J connectivity index is 2.14. The van der Waals surface area contributed by atoms with Gasteiger partial charge in [-0.2, -0.15) is 0 Å². The van der Waals surface area contributed by atoms with Gasteiger partial charge in [-0.3, -0.25) is 0 Å². The maximum Gasteiger partial charge on any atom is 0.165 e. The molecule has 0 bridgehead atoms. The van der Waals surface area contributed by atoms with E-state index in [1.54, 1.807) is 13.2 Å². The molecule has 104 valence electrons. The number of rotatable bonds is 8. The van der Waals surface area contributed by atoms with Crippen LogP contribution >= 0.6 is 11.6 Å². The monoisotopic (exact) mass is 281 g/mol. The lowest BCUT2D eigenvalue weighted by Crippen LogP contribution is -2.16. The zero-order chi connectivity index (χ0) is 13.7. The Labute approximate surface area is 119 Å². The number of benzene rings is 1. The third-order valence-corrected chi connectivity index (χ3v) is 3.26. The second kappa shape index (κ2) is 6.83. The predicted molar refractivity (Wildman–Crippen MR) is 78.2 cm³/mol. The minimum Gasteiger partial charge on any atom is -0.493 e. The largest absolute Gasteiger partial charge is 0.493 e. The average Bonchev–Trinajstić information content (AvgIpc) is 3.22. The van der Waals surface area contributed by atoms with Gasteiger partial charge in [0.15, 0.2) is 11.5 Å². The molecule has 3 nitrogen and oxygen atoms in total. The molecule has 0 amide bonds. The van der Waals surface area contributed by atoms with E-state index in [1.807, 2.05) is 12.1 Å². The summed E-state index contributed by atoms with van der Waals surface area (Å²) in [6, 6.07) is 4.36. The Hall–Kier alpha value is -1.19. The molecule has 1 aliphatic rings. The molecule has 0 radical (unpaired) electrons. The maximum absolute atomic E-state index is 6.11. The van der Waals surface area contributed by atoms with E-state index in [-0.39, 0.29) is 0 Å². The van der Waals surface area contributed by atoms with Gasteiger partial charge < -0.3 is 14.8 Å². The van der Waals surface area contributed by atoms with Crippen molar-refractivity contribution in [2.45, 2.75) is 31.8 Å². The smallest absolute Gasteiger partial charge is 0.165 e. The van der Waals surface area contributed by atoms with Gasteiger partial charge in [0, 0.05) is 29.2 Å². The highest BCUT2D eigenvalue weighted by Crippen LogP contribution is 2.35. The molecule has 4 heteroatoms. The summed E-state index contributed by atoms with van der Waals surface area (Å²) in [5, 5.41) is 4.14. The third kappa shape index (κ3) is 4.15. The Kier molecular flexibility index (Phi) is 5.11. The first-order chi connectivity index (χ1) is 9.24. The number of hydrogen-bond donors (Lipinski definition) is 1. The van der Waals surface area contributed by atoms with Crippen LogP contribution in [0.25, 0.3) is 0 Å². The number of methoxy groups -OCH3 is 1. The van der Waals surface area contributed by atoms with Gasteiger partial charge in [-0.05, 0) is 25.3 Å². The first-order valence-electron chi connectivity index (χ1n) is 6.58. The van der Waals surface area contributed by atoms with Crippen molar-refractivity contribution in [3.63, 3.8) is 0 Å². The molecule has 0 heterocycles. The topological polar surface area (TPSA) is 30.5 Å². The molecule has 1 saturated carbocycles. The standard InChI is InChI=1S/C15H20ClNO2/c1-3-4-7-19-15-11(10-17-13-5-6-13)8-12(16)9-14(15)18-2/h3,8-9,13,17H,1,4-7,10H2,2H3. The van der Waals surface area contributed by atoms with Crippen LogP contribution < -0.4 is 14.8 Å². The van der Waals surface area contributed by atoms with E-state index in [0.29, 0.717) is 23.4 Å². The summed E-state index contributed by atoms with van der Waals surface area (Å²) in [5.41, 5.74) is 1.04. The Morgan fingerprint density at radius 2 is 2.26 bits per heavy atom. The quantitative estimate of drug-likeness (QED) is 0.584. The van der Waals surface area contributed by atoms with E-state index < -0.39 is 0 Å². The van der Waals surface area contributed by atoms with Crippen molar-refractivity contribution in [3.8, 4) is 11.5 Å². The third-order valence-electron chi connectivity index (χ3n) is 3.04. The van der Waals surface area contributed by atoms with Crippen LogP contribution in [0.4, 0.5) is 0 Å². The second-order valence-electron chi connectivity index (χ2n) is 4.68. The molecule has 1 aromatic rings. The molecule has 0 atom stereocenters. The van der Waals surface area contributed by atoms with Crippen molar-refractivity contribution in [2.24, 2.45) is 0 Å². The van der Waals surface area contributed by atoms with Gasteiger partial charge in [0.05, 0.1) is 13.7 Å². The lowest BCUT2D eigenvalue weighted by molar-refractivity contribution is 0.296. The predicted octanol–water partition coefficient (Wildman–Crippen LogP) is 3.56. The van der Waals surface area contributed by atoms with Gasteiger partial charge in [0.25, 0.3) is 0 Å². The van der Waals surface area contributed by atoms with Gasteiger partial charge in [-0.15, -0.1) is 6.58 Å². The highest BCUT2D eigenvalue weighted by molar-refractivity contribution is 6.30. The van der Waals surface area contributed by atoms with Crippen molar-refractivity contribution in [1.82, 2.24) is 5.32 Å². The highest BCUT2D eigenvalue weighted by Gasteiger charge is 2.21. The summed E-state index contributed by atoms with van der Waals surface area (Å²) in [5.74, 6) is 1.46. The molecule has 0 unspecified atom stereocenters. The summed E-state index contributed by atoms with van der Waals surface area (Å²) in [7, 11) is 1.63. The SMILES string of the molecule is C=CCCOc1c(CNC2CC2)cc(Cl)cc1OC. The lowest BCUT2D eigenvalue weighted by Gasteiger charge is -2.16. The molecule has 19 heavy (non-hydrogen) atoms. The van der Waals surface area contributed by atoms with Gasteiger partial charge in [-0.1, -0.05) is 17.7 Å². The van der Waals surface area contributed by atoms with Crippen molar-refractivity contribution >= 4 is 11.6 Å². The van der Waals surface area contributed by atoms with Crippen LogP contribution in [-0.4, -0.2) is 19.8 Å². The van der Waals surface area contributed by atoms with Crippen LogP contribution in [0.2, 0.25) is 5.02 Å². The van der Waals surface area contributed by atoms with E-state index in [0.717, 1.165) is 24.3 Å². The molecule has 0 aliphatic heterocycles. The molecular weight excluding hydrogens is 262 g/mol. The zero-order valence-corrected chi connectivity index (χ0v) is 12.0. The Bertz CT molecular complexity index is 444. The van der Waals surface area contributed by atoms with Crippen LogP contribution in [0.5, 0.6) is 11.5 Å². The van der Waals surface area contributed by atoms with Gasteiger partial charge in [0.1, 0.15) is 0 Å². The normalized spacial score (nSPS) is 14.2. The Morgan fingerprint density at radius 3 is 2.89 bits per heavy atom. The summed E-state index contributed by atoms with van der Waals surface area (Å²) in [6.45, 7) is 5.04. The average molecular weight is 282 g/mol. The van der Waals surface area contributed by atoms with Crippen molar-refractivity contribution in [1.29, 1.82) is 0 Å². The van der Waals surface area contributed by atoms with Crippen molar-refractivity contribution in [3.05, 3.63) is 35.4 Å². The lowest BCUT2D eigenvalue weighted by atomic mass is 10.1. The summed E-state index contributed by atoms with van der Waals surface area (Å²) in [4.78, 5) is 0. The van der Waals surface area contributed by atoms with E-state index in [2.05, 4.69) is 11.9 Å². The fourth-order valence-electron chi connectivity index (χ4n) is 1.86. The van der Waals surface area contributed by atoms with Crippen LogP contribution in [0.15, 0.2) is 24.8 Å². The van der Waals surface area contributed by atoms with E-state index in [9.17, 15) is 0 Å². The van der Waals surface area contributed by atoms with E-state index >= 15 is 0 Å². The molecule has 0 spiro atoms. The minimum absolute atomic E-state index is 0.595. The van der Waals surface area contributed by atoms with Crippen LogP contribution in [0.3, 0.4) is 0 Å². The first kappa shape index (κ1) is 14.2. The molecule has 2 rings (SSSR count). The van der Waals surface area contributed by atoms with Crippen molar-refractivity contribution in [2.75, 3.05) is 13.7 Å². The molecule has 1 aliphatic carbocycles. The molecule has 1 aromatic carbocycles. The van der Waals surface area contributed by atoms with Gasteiger partial charge >= 0.3 is 0 Å². The van der Waals surface area contributed by atoms with Crippen LogP contribution in [0.1, 0.15) is 24.8 Å². The minimum atomic E-state index is 0.595. The maximum atomic E-state index is 6.11. The molecule has 1 N–H and O–H groups in total. The van der Waals surface area contributed by atoms with Gasteiger partial charge in [0.2, 0.25) is 0 Å². The van der Waals surface area contributed by atoms with E-state index in [4.69, 9.17) is 21.1 Å². The molecule has 0 saturated heterocycles. The highest BCUT2D eigenvalue weighted by atomic mass is 35.5. The van der Waals surface area contributed by atoms with Crippen LogP contribution in [-0.2, 0) is 6.54 Å². The van der Waals surface area contributed by atoms with Gasteiger partial charge in [-0.25, -0.2) is 0 Å². The fourth-order valence-corrected chi connectivity index (χ4v) is 2.09. The number of nitrogens with one attached hydrogen (secondary N) is 1. The molecule has 0 aromatic heterocycles. The summed E-state index contributed by atoms with van der Waals surface area (Å²) >= 11 is 6.11. The second-order valence-corrected chi connectivity index (χ2v) is 5.11. The Morgan fingerprint density at radius 1 is 1.47 bits per heavy atom.